The number of aliphatic hydroxyl groups excluding tert-OH is 1. The number of halogens is 1. The Bertz CT molecular complexity index is 337. The average Bonchev–Trinajstić information content (AvgIpc) is 2.29. The Labute approximate surface area is 94.7 Å². The fourth-order valence-electron chi connectivity index (χ4n) is 1.93. The van der Waals surface area contributed by atoms with Crippen LogP contribution in [0.15, 0.2) is 18.2 Å². The largest absolute Gasteiger partial charge is 0.392 e. The minimum absolute atomic E-state index is 0.0415. The highest BCUT2D eigenvalue weighted by atomic mass is 35.5. The quantitative estimate of drug-likeness (QED) is 0.797. The molecule has 1 heterocycles. The number of anilines is 1. The molecule has 2 N–H and O–H groups in total. The molecular weight excluding hydrogens is 212 g/mol. The first-order chi connectivity index (χ1) is 7.33. The lowest BCUT2D eigenvalue weighted by molar-refractivity contribution is 0.282. The molecule has 0 aromatic heterocycles. The van der Waals surface area contributed by atoms with E-state index >= 15 is 0 Å². The van der Waals surface area contributed by atoms with E-state index in [-0.39, 0.29) is 6.61 Å². The Kier molecular flexibility index (Phi) is 3.46. The molecule has 82 valence electrons. The molecule has 0 unspecified atom stereocenters. The highest BCUT2D eigenvalue weighted by molar-refractivity contribution is 6.33. The van der Waals surface area contributed by atoms with E-state index in [2.05, 4.69) is 10.2 Å². The standard InChI is InChI=1S/C11H15ClN2O/c12-10-3-1-2-9(8-15)11(10)14-6-4-13-5-7-14/h1-3,13,15H,4-8H2. The number of piperazine rings is 1. The lowest BCUT2D eigenvalue weighted by Gasteiger charge is -2.31. The van der Waals surface area contributed by atoms with Crippen LogP contribution in [0.2, 0.25) is 5.02 Å². The third kappa shape index (κ3) is 2.25. The number of para-hydroxylation sites is 1. The summed E-state index contributed by atoms with van der Waals surface area (Å²) in [6.07, 6.45) is 0. The van der Waals surface area contributed by atoms with Crippen molar-refractivity contribution in [3.63, 3.8) is 0 Å². The third-order valence-electron chi connectivity index (χ3n) is 2.67. The fourth-order valence-corrected chi connectivity index (χ4v) is 2.24. The number of nitrogens with zero attached hydrogens (tertiary/aromatic N) is 1. The Balaban J connectivity index is 2.31. The van der Waals surface area contributed by atoms with E-state index in [0.717, 1.165) is 42.5 Å². The molecule has 0 saturated carbocycles. The molecule has 0 amide bonds. The summed E-state index contributed by atoms with van der Waals surface area (Å²) in [6, 6.07) is 5.67. The van der Waals surface area contributed by atoms with Gasteiger partial charge >= 0.3 is 0 Å². The van der Waals surface area contributed by atoms with Gasteiger partial charge < -0.3 is 15.3 Å². The first-order valence-electron chi connectivity index (χ1n) is 5.17. The van der Waals surface area contributed by atoms with Gasteiger partial charge in [0.15, 0.2) is 0 Å². The van der Waals surface area contributed by atoms with Crippen molar-refractivity contribution >= 4 is 17.3 Å². The van der Waals surface area contributed by atoms with Gasteiger partial charge in [0.2, 0.25) is 0 Å². The van der Waals surface area contributed by atoms with Crippen molar-refractivity contribution in [2.45, 2.75) is 6.61 Å². The van der Waals surface area contributed by atoms with Gasteiger partial charge in [0, 0.05) is 31.7 Å². The van der Waals surface area contributed by atoms with Gasteiger partial charge in [-0.05, 0) is 6.07 Å². The van der Waals surface area contributed by atoms with Crippen LogP contribution in [0.5, 0.6) is 0 Å². The van der Waals surface area contributed by atoms with Crippen molar-refractivity contribution in [3.05, 3.63) is 28.8 Å². The SMILES string of the molecule is OCc1cccc(Cl)c1N1CCNCC1. The second kappa shape index (κ2) is 4.84. The van der Waals surface area contributed by atoms with Crippen molar-refractivity contribution in [3.8, 4) is 0 Å². The van der Waals surface area contributed by atoms with E-state index in [9.17, 15) is 5.11 Å². The third-order valence-corrected chi connectivity index (χ3v) is 2.98. The first kappa shape index (κ1) is 10.7. The molecule has 0 bridgehead atoms. The first-order valence-corrected chi connectivity index (χ1v) is 5.54. The van der Waals surface area contributed by atoms with Gasteiger partial charge in [-0.2, -0.15) is 0 Å². The van der Waals surface area contributed by atoms with Crippen molar-refractivity contribution < 1.29 is 5.11 Å². The summed E-state index contributed by atoms with van der Waals surface area (Å²) >= 11 is 6.17. The number of rotatable bonds is 2. The van der Waals surface area contributed by atoms with Crippen molar-refractivity contribution in [1.29, 1.82) is 0 Å². The molecule has 1 aromatic rings. The van der Waals surface area contributed by atoms with Crippen LogP contribution >= 0.6 is 11.6 Å². The minimum Gasteiger partial charge on any atom is -0.392 e. The second-order valence-electron chi connectivity index (χ2n) is 3.64. The van der Waals surface area contributed by atoms with Crippen molar-refractivity contribution in [2.75, 3.05) is 31.1 Å². The zero-order valence-corrected chi connectivity index (χ0v) is 9.30. The molecule has 0 radical (unpaired) electrons. The zero-order chi connectivity index (χ0) is 10.7. The predicted octanol–water partition coefficient (Wildman–Crippen LogP) is 1.24. The molecule has 0 spiro atoms. The van der Waals surface area contributed by atoms with Gasteiger partial charge in [-0.15, -0.1) is 0 Å². The van der Waals surface area contributed by atoms with Gasteiger partial charge in [-0.3, -0.25) is 0 Å². The lowest BCUT2D eigenvalue weighted by Crippen LogP contribution is -2.44. The topological polar surface area (TPSA) is 35.5 Å². The van der Waals surface area contributed by atoms with E-state index in [4.69, 9.17) is 11.6 Å². The van der Waals surface area contributed by atoms with Crippen LogP contribution < -0.4 is 10.2 Å². The molecule has 1 aliphatic rings. The molecule has 1 fully saturated rings. The molecule has 2 rings (SSSR count). The maximum absolute atomic E-state index is 9.27. The number of nitrogens with one attached hydrogen (secondary N) is 1. The molecular formula is C11H15ClN2O. The second-order valence-corrected chi connectivity index (χ2v) is 4.05. The Morgan fingerprint density at radius 3 is 2.73 bits per heavy atom. The Morgan fingerprint density at radius 1 is 1.33 bits per heavy atom. The smallest absolute Gasteiger partial charge is 0.0702 e. The zero-order valence-electron chi connectivity index (χ0n) is 8.54. The Morgan fingerprint density at radius 2 is 2.07 bits per heavy atom. The van der Waals surface area contributed by atoms with Crippen LogP contribution in [-0.4, -0.2) is 31.3 Å². The van der Waals surface area contributed by atoms with Gasteiger partial charge in [0.25, 0.3) is 0 Å². The van der Waals surface area contributed by atoms with E-state index in [1.54, 1.807) is 0 Å². The van der Waals surface area contributed by atoms with E-state index < -0.39 is 0 Å². The highest BCUT2D eigenvalue weighted by Crippen LogP contribution is 2.30. The predicted molar refractivity (Wildman–Crippen MR) is 62.5 cm³/mol. The molecule has 0 aliphatic carbocycles. The molecule has 0 atom stereocenters. The molecule has 15 heavy (non-hydrogen) atoms. The number of aliphatic hydroxyl groups is 1. The van der Waals surface area contributed by atoms with Gasteiger partial charge in [-0.25, -0.2) is 0 Å². The maximum atomic E-state index is 9.27. The number of benzene rings is 1. The normalized spacial score (nSPS) is 16.8. The Hall–Kier alpha value is -0.770. The number of hydrogen-bond acceptors (Lipinski definition) is 3. The molecule has 1 aromatic carbocycles. The molecule has 1 aliphatic heterocycles. The van der Waals surface area contributed by atoms with E-state index in [0.29, 0.717) is 0 Å². The van der Waals surface area contributed by atoms with E-state index in [1.165, 1.54) is 0 Å². The van der Waals surface area contributed by atoms with Crippen LogP contribution in [0.3, 0.4) is 0 Å². The van der Waals surface area contributed by atoms with Crippen LogP contribution in [0, 0.1) is 0 Å². The molecule has 3 nitrogen and oxygen atoms in total. The van der Waals surface area contributed by atoms with Crippen LogP contribution in [0.4, 0.5) is 5.69 Å². The van der Waals surface area contributed by atoms with Gasteiger partial charge in [0.05, 0.1) is 17.3 Å². The summed E-state index contributed by atoms with van der Waals surface area (Å²) in [5.74, 6) is 0. The summed E-state index contributed by atoms with van der Waals surface area (Å²) < 4.78 is 0. The summed E-state index contributed by atoms with van der Waals surface area (Å²) in [5.41, 5.74) is 1.90. The number of hydrogen-bond donors (Lipinski definition) is 2. The highest BCUT2D eigenvalue weighted by Gasteiger charge is 2.16. The molecule has 4 heteroatoms. The van der Waals surface area contributed by atoms with Crippen molar-refractivity contribution in [1.82, 2.24) is 5.32 Å². The monoisotopic (exact) mass is 226 g/mol. The van der Waals surface area contributed by atoms with Crippen LogP contribution in [-0.2, 0) is 6.61 Å². The fraction of sp³-hybridized carbons (Fsp3) is 0.455. The minimum atomic E-state index is 0.0415. The van der Waals surface area contributed by atoms with E-state index in [1.807, 2.05) is 18.2 Å². The van der Waals surface area contributed by atoms with Crippen LogP contribution in [0.1, 0.15) is 5.56 Å². The van der Waals surface area contributed by atoms with Gasteiger partial charge in [-0.1, -0.05) is 23.7 Å². The maximum Gasteiger partial charge on any atom is 0.0702 e. The summed E-state index contributed by atoms with van der Waals surface area (Å²) in [6.45, 7) is 3.86. The lowest BCUT2D eigenvalue weighted by atomic mass is 10.1. The summed E-state index contributed by atoms with van der Waals surface area (Å²) in [5, 5.41) is 13.3. The summed E-state index contributed by atoms with van der Waals surface area (Å²) in [7, 11) is 0. The van der Waals surface area contributed by atoms with Crippen molar-refractivity contribution in [2.24, 2.45) is 0 Å². The van der Waals surface area contributed by atoms with Gasteiger partial charge in [0.1, 0.15) is 0 Å². The average molecular weight is 227 g/mol. The summed E-state index contributed by atoms with van der Waals surface area (Å²) in [4.78, 5) is 2.23. The molecule has 1 saturated heterocycles. The van der Waals surface area contributed by atoms with Crippen LogP contribution in [0.25, 0.3) is 0 Å².